The van der Waals surface area contributed by atoms with Crippen molar-refractivity contribution in [3.05, 3.63) is 65.7 Å². The van der Waals surface area contributed by atoms with Crippen molar-refractivity contribution >= 4 is 53.3 Å². The molecule has 0 radical (unpaired) electrons. The number of primary amides is 1. The topological polar surface area (TPSA) is 393 Å². The Bertz CT molecular complexity index is 2060. The van der Waals surface area contributed by atoms with Gasteiger partial charge in [-0.2, -0.15) is 0 Å². The Labute approximate surface area is 411 Å². The number of phenolic OH excluding ortho intramolecular Hbond substituents is 1. The molecule has 0 aromatic heterocycles. The van der Waals surface area contributed by atoms with Gasteiger partial charge in [0.1, 0.15) is 42.0 Å². The van der Waals surface area contributed by atoms with Crippen molar-refractivity contribution < 1.29 is 38.7 Å². The summed E-state index contributed by atoms with van der Waals surface area (Å²) < 4.78 is 0. The molecule has 70 heavy (non-hydrogen) atoms. The molecular formula is C48H78N14O8. The summed E-state index contributed by atoms with van der Waals surface area (Å²) in [5.41, 5.74) is 33.7. The average molecular weight is 979 g/mol. The van der Waals surface area contributed by atoms with E-state index in [0.717, 1.165) is 0 Å². The molecule has 2 aromatic rings. The Morgan fingerprint density at radius 2 is 1.01 bits per heavy atom. The van der Waals surface area contributed by atoms with Crippen LogP contribution >= 0.6 is 0 Å². The van der Waals surface area contributed by atoms with Crippen LogP contribution in [0, 0.1) is 11.3 Å². The number of aromatic hydroxyl groups is 1. The first-order valence-corrected chi connectivity index (χ1v) is 23.9. The van der Waals surface area contributed by atoms with Gasteiger partial charge in [0.25, 0.3) is 0 Å². The van der Waals surface area contributed by atoms with E-state index < -0.39 is 83.0 Å². The van der Waals surface area contributed by atoms with E-state index >= 15 is 0 Å². The van der Waals surface area contributed by atoms with Crippen molar-refractivity contribution in [3.63, 3.8) is 0 Å². The lowest BCUT2D eigenvalue weighted by molar-refractivity contribution is -0.136. The first-order chi connectivity index (χ1) is 33.1. The molecule has 388 valence electrons. The summed E-state index contributed by atoms with van der Waals surface area (Å²) in [6.45, 7) is 9.54. The molecule has 0 aliphatic heterocycles. The maximum absolute atomic E-state index is 14.6. The number of carbonyl (C=O) groups is 7. The third kappa shape index (κ3) is 21.5. The Balaban J connectivity index is 2.59. The Hall–Kier alpha value is -6.97. The van der Waals surface area contributed by atoms with E-state index in [2.05, 4.69) is 41.9 Å². The second-order valence-electron chi connectivity index (χ2n) is 18.0. The highest BCUT2D eigenvalue weighted by molar-refractivity contribution is 5.97. The van der Waals surface area contributed by atoms with Crippen LogP contribution in [0.15, 0.2) is 64.6 Å². The first-order valence-electron chi connectivity index (χ1n) is 23.9. The number of hydrogen-bond donors (Lipinski definition) is 13. The quantitative estimate of drug-likeness (QED) is 0.0245. The van der Waals surface area contributed by atoms with Gasteiger partial charge in [-0.25, -0.2) is 0 Å². The molecule has 0 heterocycles. The molecule has 0 spiro atoms. The number of phenols is 1. The van der Waals surface area contributed by atoms with Crippen molar-refractivity contribution in [1.29, 1.82) is 0 Å². The summed E-state index contributed by atoms with van der Waals surface area (Å²) in [5, 5.41) is 26.6. The van der Waals surface area contributed by atoms with Crippen LogP contribution in [0.25, 0.3) is 0 Å². The maximum atomic E-state index is 14.6. The molecule has 0 unspecified atom stereocenters. The standard InChI is InChI=1S/C48H78N14O8/c1-6-29(3)38(44(69)57-33(39(50)64)17-11-12-24-49)62-41(66)34(18-13-25-55-46(51)52)58-42(67)37(28-31-20-22-32(63)23-21-31)60-43(68)36(27-30-15-9-8-10-16-30)59-40(65)35(19-14-26-56-47(53)54)61-45(70)48(4,5)7-2/h8-10,15-16,20-23,29,33-38,63H,6-7,11-14,17-19,24-28,49H2,1-5H3,(H2,50,64)(H,57,69)(H,58,67)(H,59,65)(H,60,68)(H,61,70)(H,62,66)(H4,51,52,55)(H4,53,54,56)/t29-,33-,34-,35-,36-,37-,38-/m0/s1. The van der Waals surface area contributed by atoms with Gasteiger partial charge in [-0.3, -0.25) is 43.5 Å². The van der Waals surface area contributed by atoms with E-state index in [1.165, 1.54) is 12.1 Å². The minimum absolute atomic E-state index is 0.0239. The minimum atomic E-state index is -1.39. The first kappa shape index (κ1) is 59.2. The number of benzene rings is 2. The molecular weight excluding hydrogens is 901 g/mol. The zero-order valence-corrected chi connectivity index (χ0v) is 41.3. The van der Waals surface area contributed by atoms with Crippen molar-refractivity contribution in [2.75, 3.05) is 19.6 Å². The van der Waals surface area contributed by atoms with E-state index in [1.54, 1.807) is 63.2 Å². The summed E-state index contributed by atoms with van der Waals surface area (Å²) >= 11 is 0. The largest absolute Gasteiger partial charge is 0.508 e. The highest BCUT2D eigenvalue weighted by Crippen LogP contribution is 2.21. The summed E-state index contributed by atoms with van der Waals surface area (Å²) in [6.07, 6.45) is 2.70. The number of nitrogens with two attached hydrogens (primary N) is 6. The Morgan fingerprint density at radius 3 is 1.49 bits per heavy atom. The Kier molecular flexibility index (Phi) is 25.8. The van der Waals surface area contributed by atoms with E-state index in [9.17, 15) is 38.7 Å². The molecule has 7 amide bonds. The van der Waals surface area contributed by atoms with Crippen LogP contribution < -0.4 is 66.3 Å². The lowest BCUT2D eigenvalue weighted by Crippen LogP contribution is -2.61. The molecule has 0 fully saturated rings. The molecule has 0 aliphatic carbocycles. The number of nitrogens with zero attached hydrogens (tertiary/aromatic N) is 2. The number of carbonyl (C=O) groups excluding carboxylic acids is 7. The van der Waals surface area contributed by atoms with Gasteiger partial charge in [0.05, 0.1) is 0 Å². The highest BCUT2D eigenvalue weighted by atomic mass is 16.3. The van der Waals surface area contributed by atoms with E-state index in [-0.39, 0.29) is 75.2 Å². The number of unbranched alkanes of at least 4 members (excludes halogenated alkanes) is 1. The van der Waals surface area contributed by atoms with Crippen LogP contribution in [0.4, 0.5) is 0 Å². The SMILES string of the molecule is CC[C@H](C)[C@H](NC(=O)[C@H](CCCN=C(N)N)NC(=O)[C@H](Cc1ccc(O)cc1)NC(=O)[C@H](Cc1ccccc1)NC(=O)[C@H](CCCN=C(N)N)NC(=O)C(C)(C)CC)C(=O)N[C@@H](CCCCN)C(N)=O. The van der Waals surface area contributed by atoms with Crippen molar-refractivity contribution in [2.45, 2.75) is 141 Å². The fourth-order valence-corrected chi connectivity index (χ4v) is 7.01. The third-order valence-electron chi connectivity index (χ3n) is 12.0. The monoisotopic (exact) mass is 979 g/mol. The molecule has 2 rings (SSSR count). The summed E-state index contributed by atoms with van der Waals surface area (Å²) in [4.78, 5) is 105. The van der Waals surface area contributed by atoms with Crippen LogP contribution in [0.2, 0.25) is 0 Å². The number of aliphatic imine (C=N–C) groups is 2. The second-order valence-corrected chi connectivity index (χ2v) is 18.0. The highest BCUT2D eigenvalue weighted by Gasteiger charge is 2.36. The summed E-state index contributed by atoms with van der Waals surface area (Å²) in [6, 6.07) is 7.49. The van der Waals surface area contributed by atoms with Crippen LogP contribution in [0.3, 0.4) is 0 Å². The van der Waals surface area contributed by atoms with Crippen LogP contribution in [-0.4, -0.2) is 114 Å². The number of hydrogen-bond acceptors (Lipinski definition) is 11. The average Bonchev–Trinajstić information content (AvgIpc) is 3.31. The van der Waals surface area contributed by atoms with Crippen molar-refractivity contribution in [1.82, 2.24) is 31.9 Å². The summed E-state index contributed by atoms with van der Waals surface area (Å²) in [7, 11) is 0. The second kappa shape index (κ2) is 30.5. The number of rotatable bonds is 32. The predicted octanol–water partition coefficient (Wildman–Crippen LogP) is -0.710. The maximum Gasteiger partial charge on any atom is 0.243 e. The molecule has 7 atom stereocenters. The molecule has 0 bridgehead atoms. The molecule has 19 N–H and O–H groups in total. The van der Waals surface area contributed by atoms with Crippen LogP contribution in [0.5, 0.6) is 5.75 Å². The predicted molar refractivity (Wildman–Crippen MR) is 269 cm³/mol. The van der Waals surface area contributed by atoms with Crippen LogP contribution in [0.1, 0.15) is 104 Å². The van der Waals surface area contributed by atoms with E-state index in [0.29, 0.717) is 49.8 Å². The molecule has 22 nitrogen and oxygen atoms in total. The zero-order chi connectivity index (χ0) is 52.4. The van der Waals surface area contributed by atoms with Gasteiger partial charge in [-0.15, -0.1) is 0 Å². The normalized spacial score (nSPS) is 14.1. The lowest BCUT2D eigenvalue weighted by atomic mass is 9.88. The van der Waals surface area contributed by atoms with Gasteiger partial charge in [0.2, 0.25) is 41.4 Å². The van der Waals surface area contributed by atoms with Crippen molar-refractivity contribution in [2.24, 2.45) is 55.7 Å². The molecule has 22 heteroatoms. The number of nitrogens with one attached hydrogen (secondary N) is 6. The minimum Gasteiger partial charge on any atom is -0.508 e. The smallest absolute Gasteiger partial charge is 0.243 e. The lowest BCUT2D eigenvalue weighted by Gasteiger charge is -2.29. The van der Waals surface area contributed by atoms with Gasteiger partial charge in [-0.05, 0) is 87.1 Å². The van der Waals surface area contributed by atoms with Crippen molar-refractivity contribution in [3.8, 4) is 5.75 Å². The van der Waals surface area contributed by atoms with Gasteiger partial charge in [0, 0.05) is 31.3 Å². The molecule has 2 aromatic carbocycles. The third-order valence-corrected chi connectivity index (χ3v) is 12.0. The van der Waals surface area contributed by atoms with Gasteiger partial charge in [-0.1, -0.05) is 83.5 Å². The molecule has 0 saturated heterocycles. The van der Waals surface area contributed by atoms with Gasteiger partial charge in [0.15, 0.2) is 11.9 Å². The van der Waals surface area contributed by atoms with E-state index in [4.69, 9.17) is 34.4 Å². The molecule has 0 saturated carbocycles. The van der Waals surface area contributed by atoms with Crippen LogP contribution in [-0.2, 0) is 46.4 Å². The zero-order valence-electron chi connectivity index (χ0n) is 41.3. The van der Waals surface area contributed by atoms with Gasteiger partial charge < -0.3 is 71.4 Å². The van der Waals surface area contributed by atoms with Gasteiger partial charge >= 0.3 is 0 Å². The number of guanidine groups is 2. The number of amides is 7. The molecule has 0 aliphatic rings. The van der Waals surface area contributed by atoms with E-state index in [1.807, 2.05) is 13.8 Å². The fraction of sp³-hybridized carbons (Fsp3) is 0.562. The summed E-state index contributed by atoms with van der Waals surface area (Å²) in [5.74, 6) is -5.60. The Morgan fingerprint density at radius 1 is 0.571 bits per heavy atom. The fourth-order valence-electron chi connectivity index (χ4n) is 7.01.